The van der Waals surface area contributed by atoms with E-state index < -0.39 is 5.60 Å². The van der Waals surface area contributed by atoms with Gasteiger partial charge in [-0.05, 0) is 39.5 Å². The van der Waals surface area contributed by atoms with Crippen LogP contribution in [-0.4, -0.2) is 34.7 Å². The lowest BCUT2D eigenvalue weighted by atomic mass is 9.93. The van der Waals surface area contributed by atoms with Crippen molar-refractivity contribution < 1.29 is 5.11 Å². The lowest BCUT2D eigenvalue weighted by Gasteiger charge is -2.39. The number of β-amino-alcohol motifs (C(OH)–C–C–N with tert-alkyl or cyclic N) is 1. The van der Waals surface area contributed by atoms with Crippen LogP contribution in [0.5, 0.6) is 0 Å². The minimum atomic E-state index is -0.550. The molecular formula is C11H23NO. The average molecular weight is 185 g/mol. The van der Waals surface area contributed by atoms with Gasteiger partial charge >= 0.3 is 0 Å². The van der Waals surface area contributed by atoms with Gasteiger partial charge in [-0.2, -0.15) is 0 Å². The second kappa shape index (κ2) is 3.97. The van der Waals surface area contributed by atoms with Gasteiger partial charge in [0.25, 0.3) is 0 Å². The quantitative estimate of drug-likeness (QED) is 0.710. The number of piperidine rings is 1. The molecule has 0 aromatic carbocycles. The molecule has 0 amide bonds. The summed E-state index contributed by atoms with van der Waals surface area (Å²) < 4.78 is 0. The minimum Gasteiger partial charge on any atom is -0.389 e. The first-order chi connectivity index (χ1) is 5.88. The summed E-state index contributed by atoms with van der Waals surface area (Å²) in [5.41, 5.74) is -0.550. The van der Waals surface area contributed by atoms with E-state index in [0.29, 0.717) is 6.04 Å². The van der Waals surface area contributed by atoms with Crippen LogP contribution in [0.4, 0.5) is 0 Å². The first kappa shape index (κ1) is 11.0. The predicted molar refractivity (Wildman–Crippen MR) is 55.7 cm³/mol. The zero-order chi connectivity index (χ0) is 10.1. The van der Waals surface area contributed by atoms with Gasteiger partial charge in [-0.1, -0.05) is 6.92 Å². The van der Waals surface area contributed by atoms with Crippen LogP contribution >= 0.6 is 0 Å². The van der Waals surface area contributed by atoms with E-state index in [9.17, 15) is 5.11 Å². The Morgan fingerprint density at radius 1 is 1.31 bits per heavy atom. The Morgan fingerprint density at radius 3 is 2.46 bits per heavy atom. The molecular weight excluding hydrogens is 162 g/mol. The molecule has 2 heteroatoms. The SMILES string of the molecule is CC1CCC(C)N(CC(C)(C)O)C1. The molecule has 1 heterocycles. The van der Waals surface area contributed by atoms with Crippen LogP contribution in [0.25, 0.3) is 0 Å². The molecule has 2 atom stereocenters. The highest BCUT2D eigenvalue weighted by atomic mass is 16.3. The molecule has 2 unspecified atom stereocenters. The van der Waals surface area contributed by atoms with E-state index in [1.54, 1.807) is 0 Å². The Balaban J connectivity index is 2.47. The zero-order valence-corrected chi connectivity index (χ0v) is 9.38. The standard InChI is InChI=1S/C11H23NO/c1-9-5-6-10(2)12(7-9)8-11(3,4)13/h9-10,13H,5-8H2,1-4H3. The van der Waals surface area contributed by atoms with Gasteiger partial charge in [0.15, 0.2) is 0 Å². The third-order valence-electron chi connectivity index (χ3n) is 2.84. The van der Waals surface area contributed by atoms with Crippen molar-refractivity contribution in [1.82, 2.24) is 4.90 Å². The molecule has 0 aliphatic carbocycles. The van der Waals surface area contributed by atoms with E-state index in [4.69, 9.17) is 0 Å². The highest BCUT2D eigenvalue weighted by Gasteiger charge is 2.27. The predicted octanol–water partition coefficient (Wildman–Crippen LogP) is 1.88. The Morgan fingerprint density at radius 2 is 1.92 bits per heavy atom. The van der Waals surface area contributed by atoms with Crippen molar-refractivity contribution in [2.45, 2.75) is 52.2 Å². The van der Waals surface area contributed by atoms with E-state index in [0.717, 1.165) is 19.0 Å². The van der Waals surface area contributed by atoms with Crippen LogP contribution < -0.4 is 0 Å². The summed E-state index contributed by atoms with van der Waals surface area (Å²) in [6.45, 7) is 10.3. The molecule has 13 heavy (non-hydrogen) atoms. The van der Waals surface area contributed by atoms with Crippen LogP contribution in [0.1, 0.15) is 40.5 Å². The molecule has 1 N–H and O–H groups in total. The molecule has 78 valence electrons. The highest BCUT2D eigenvalue weighted by Crippen LogP contribution is 2.22. The number of hydrogen-bond acceptors (Lipinski definition) is 2. The monoisotopic (exact) mass is 185 g/mol. The Hall–Kier alpha value is -0.0800. The highest BCUT2D eigenvalue weighted by molar-refractivity contribution is 4.81. The van der Waals surface area contributed by atoms with Gasteiger partial charge in [-0.3, -0.25) is 4.90 Å². The molecule has 0 aromatic heterocycles. The van der Waals surface area contributed by atoms with Crippen LogP contribution in [0.3, 0.4) is 0 Å². The van der Waals surface area contributed by atoms with Crippen LogP contribution in [-0.2, 0) is 0 Å². The van der Waals surface area contributed by atoms with Crippen molar-refractivity contribution in [2.24, 2.45) is 5.92 Å². The molecule has 1 aliphatic heterocycles. The van der Waals surface area contributed by atoms with Crippen molar-refractivity contribution in [3.8, 4) is 0 Å². The third kappa shape index (κ3) is 3.65. The van der Waals surface area contributed by atoms with Crippen molar-refractivity contribution in [1.29, 1.82) is 0 Å². The molecule has 1 rings (SSSR count). The van der Waals surface area contributed by atoms with E-state index in [-0.39, 0.29) is 0 Å². The van der Waals surface area contributed by atoms with Gasteiger partial charge in [-0.15, -0.1) is 0 Å². The smallest absolute Gasteiger partial charge is 0.0718 e. The molecule has 0 spiro atoms. The summed E-state index contributed by atoms with van der Waals surface area (Å²) in [6.07, 6.45) is 2.61. The molecule has 2 nitrogen and oxygen atoms in total. The van der Waals surface area contributed by atoms with Gasteiger partial charge < -0.3 is 5.11 Å². The molecule has 1 fully saturated rings. The maximum atomic E-state index is 9.73. The van der Waals surface area contributed by atoms with E-state index >= 15 is 0 Å². The molecule has 1 aliphatic rings. The Labute approximate surface area is 81.9 Å². The number of rotatable bonds is 2. The van der Waals surface area contributed by atoms with Crippen LogP contribution in [0, 0.1) is 5.92 Å². The number of nitrogens with zero attached hydrogens (tertiary/aromatic N) is 1. The van der Waals surface area contributed by atoms with Gasteiger partial charge in [0.1, 0.15) is 0 Å². The summed E-state index contributed by atoms with van der Waals surface area (Å²) in [6, 6.07) is 0.641. The summed E-state index contributed by atoms with van der Waals surface area (Å²) in [5.74, 6) is 0.790. The lowest BCUT2D eigenvalue weighted by Crippen LogP contribution is -2.47. The second-order valence-electron chi connectivity index (χ2n) is 5.27. The van der Waals surface area contributed by atoms with Gasteiger partial charge in [0.05, 0.1) is 5.60 Å². The second-order valence-corrected chi connectivity index (χ2v) is 5.27. The van der Waals surface area contributed by atoms with Crippen LogP contribution in [0.15, 0.2) is 0 Å². The normalized spacial score (nSPS) is 32.1. The molecule has 0 radical (unpaired) electrons. The third-order valence-corrected chi connectivity index (χ3v) is 2.84. The number of hydrogen-bond donors (Lipinski definition) is 1. The lowest BCUT2D eigenvalue weighted by molar-refractivity contribution is 0.00445. The maximum absolute atomic E-state index is 9.73. The Bertz CT molecular complexity index is 162. The van der Waals surface area contributed by atoms with Gasteiger partial charge in [0, 0.05) is 19.1 Å². The zero-order valence-electron chi connectivity index (χ0n) is 9.38. The van der Waals surface area contributed by atoms with E-state index in [1.807, 2.05) is 13.8 Å². The van der Waals surface area contributed by atoms with Crippen molar-refractivity contribution in [2.75, 3.05) is 13.1 Å². The summed E-state index contributed by atoms with van der Waals surface area (Å²) in [7, 11) is 0. The molecule has 0 bridgehead atoms. The van der Waals surface area contributed by atoms with Crippen molar-refractivity contribution >= 4 is 0 Å². The fourth-order valence-electron chi connectivity index (χ4n) is 2.10. The largest absolute Gasteiger partial charge is 0.389 e. The summed E-state index contributed by atoms with van der Waals surface area (Å²) in [4.78, 5) is 2.41. The van der Waals surface area contributed by atoms with E-state index in [2.05, 4.69) is 18.7 Å². The average Bonchev–Trinajstić information content (AvgIpc) is 1.94. The van der Waals surface area contributed by atoms with Gasteiger partial charge in [0.2, 0.25) is 0 Å². The number of aliphatic hydroxyl groups is 1. The van der Waals surface area contributed by atoms with Gasteiger partial charge in [-0.25, -0.2) is 0 Å². The Kier molecular flexibility index (Phi) is 3.36. The molecule has 0 aromatic rings. The van der Waals surface area contributed by atoms with Crippen molar-refractivity contribution in [3.63, 3.8) is 0 Å². The van der Waals surface area contributed by atoms with Crippen LogP contribution in [0.2, 0.25) is 0 Å². The fourth-order valence-corrected chi connectivity index (χ4v) is 2.10. The first-order valence-corrected chi connectivity index (χ1v) is 5.35. The minimum absolute atomic E-state index is 0.550. The van der Waals surface area contributed by atoms with Crippen molar-refractivity contribution in [3.05, 3.63) is 0 Å². The fraction of sp³-hybridized carbons (Fsp3) is 1.00. The topological polar surface area (TPSA) is 23.5 Å². The van der Waals surface area contributed by atoms with E-state index in [1.165, 1.54) is 12.8 Å². The number of likely N-dealkylation sites (tertiary alicyclic amines) is 1. The molecule has 0 saturated carbocycles. The summed E-state index contributed by atoms with van der Waals surface area (Å²) >= 11 is 0. The molecule has 1 saturated heterocycles. The first-order valence-electron chi connectivity index (χ1n) is 5.35. The summed E-state index contributed by atoms with van der Waals surface area (Å²) in [5, 5.41) is 9.73. The maximum Gasteiger partial charge on any atom is 0.0718 e.